The van der Waals surface area contributed by atoms with E-state index in [0.717, 1.165) is 0 Å². The minimum Gasteiger partial charge on any atom is -0.390 e. The van der Waals surface area contributed by atoms with Crippen molar-refractivity contribution in [1.29, 1.82) is 0 Å². The van der Waals surface area contributed by atoms with E-state index in [2.05, 4.69) is 10.1 Å². The molecule has 2 atom stereocenters. The minimum absolute atomic E-state index is 0.208. The van der Waals surface area contributed by atoms with Crippen LogP contribution in [0.4, 0.5) is 4.39 Å². The Hall–Kier alpha value is -1.75. The second kappa shape index (κ2) is 6.35. The Morgan fingerprint density at radius 3 is 2.57 bits per heavy atom. The van der Waals surface area contributed by atoms with Crippen molar-refractivity contribution in [3.05, 3.63) is 48.3 Å². The standard InChI is InChI=1S/C16H22FN3O/c1-16(2,3)15(21)14(20-11-18-10-19-20)9-8-12-6-4-5-7-13(12)17/h4-7,10-11,14-15,21H,8-9H2,1-3H3/t14-,15-/m1/s1. The van der Waals surface area contributed by atoms with Gasteiger partial charge in [0.1, 0.15) is 18.5 Å². The van der Waals surface area contributed by atoms with Gasteiger partial charge in [0.05, 0.1) is 12.1 Å². The van der Waals surface area contributed by atoms with E-state index in [-0.39, 0.29) is 17.3 Å². The van der Waals surface area contributed by atoms with Gasteiger partial charge in [0.2, 0.25) is 0 Å². The number of aliphatic hydroxyl groups is 1. The maximum Gasteiger partial charge on any atom is 0.137 e. The summed E-state index contributed by atoms with van der Waals surface area (Å²) in [5, 5.41) is 14.7. The van der Waals surface area contributed by atoms with Crippen molar-refractivity contribution >= 4 is 0 Å². The Morgan fingerprint density at radius 2 is 2.00 bits per heavy atom. The SMILES string of the molecule is CC(C)(C)[C@H](O)[C@@H](CCc1ccccc1F)n1cncn1. The molecule has 114 valence electrons. The Balaban J connectivity index is 2.16. The zero-order valence-corrected chi connectivity index (χ0v) is 12.7. The first-order valence-corrected chi connectivity index (χ1v) is 7.15. The third kappa shape index (κ3) is 3.88. The summed E-state index contributed by atoms with van der Waals surface area (Å²) >= 11 is 0. The van der Waals surface area contributed by atoms with E-state index in [9.17, 15) is 9.50 Å². The molecule has 21 heavy (non-hydrogen) atoms. The molecule has 0 fully saturated rings. The van der Waals surface area contributed by atoms with Gasteiger partial charge in [-0.2, -0.15) is 5.10 Å². The molecule has 1 N–H and O–H groups in total. The molecule has 4 nitrogen and oxygen atoms in total. The van der Waals surface area contributed by atoms with Gasteiger partial charge in [-0.05, 0) is 29.9 Å². The highest BCUT2D eigenvalue weighted by Crippen LogP contribution is 2.31. The zero-order chi connectivity index (χ0) is 15.5. The molecular formula is C16H22FN3O. The van der Waals surface area contributed by atoms with Crippen molar-refractivity contribution < 1.29 is 9.50 Å². The summed E-state index contributed by atoms with van der Waals surface area (Å²) in [7, 11) is 0. The highest BCUT2D eigenvalue weighted by atomic mass is 19.1. The van der Waals surface area contributed by atoms with Gasteiger partial charge in [-0.3, -0.25) is 0 Å². The lowest BCUT2D eigenvalue weighted by Gasteiger charge is -2.33. The summed E-state index contributed by atoms with van der Waals surface area (Å²) in [6.45, 7) is 5.93. The molecule has 1 aromatic carbocycles. The number of aryl methyl sites for hydroxylation is 1. The van der Waals surface area contributed by atoms with Crippen LogP contribution in [-0.4, -0.2) is 26.0 Å². The van der Waals surface area contributed by atoms with Crippen LogP contribution in [0.3, 0.4) is 0 Å². The molecule has 0 unspecified atom stereocenters. The first-order valence-electron chi connectivity index (χ1n) is 7.15. The molecule has 5 heteroatoms. The summed E-state index contributed by atoms with van der Waals surface area (Å²) in [6, 6.07) is 6.50. The molecule has 0 aliphatic carbocycles. The van der Waals surface area contributed by atoms with Crippen molar-refractivity contribution in [2.24, 2.45) is 5.41 Å². The maximum atomic E-state index is 13.7. The molecule has 1 heterocycles. The molecule has 0 spiro atoms. The van der Waals surface area contributed by atoms with Crippen molar-refractivity contribution in [3.8, 4) is 0 Å². The predicted molar refractivity (Wildman–Crippen MR) is 79.2 cm³/mol. The molecule has 1 aromatic heterocycles. The molecule has 0 saturated carbocycles. The van der Waals surface area contributed by atoms with Crippen molar-refractivity contribution in [2.75, 3.05) is 0 Å². The lowest BCUT2D eigenvalue weighted by Crippen LogP contribution is -2.36. The molecule has 0 radical (unpaired) electrons. The number of aliphatic hydroxyl groups excluding tert-OH is 1. The van der Waals surface area contributed by atoms with Gasteiger partial charge in [-0.1, -0.05) is 39.0 Å². The van der Waals surface area contributed by atoms with Crippen molar-refractivity contribution in [2.45, 2.75) is 45.8 Å². The molecule has 0 saturated heterocycles. The number of hydrogen-bond donors (Lipinski definition) is 1. The van der Waals surface area contributed by atoms with Gasteiger partial charge in [-0.15, -0.1) is 0 Å². The zero-order valence-electron chi connectivity index (χ0n) is 12.7. The second-order valence-corrected chi connectivity index (χ2v) is 6.38. The monoisotopic (exact) mass is 291 g/mol. The van der Waals surface area contributed by atoms with E-state index in [1.54, 1.807) is 23.1 Å². The van der Waals surface area contributed by atoms with E-state index < -0.39 is 6.10 Å². The van der Waals surface area contributed by atoms with Crippen LogP contribution >= 0.6 is 0 Å². The summed E-state index contributed by atoms with van der Waals surface area (Å²) < 4.78 is 15.4. The van der Waals surface area contributed by atoms with Gasteiger partial charge in [0.15, 0.2) is 0 Å². The average Bonchev–Trinajstić information content (AvgIpc) is 2.93. The molecule has 2 aromatic rings. The topological polar surface area (TPSA) is 50.9 Å². The molecule has 0 bridgehead atoms. The number of aromatic nitrogens is 3. The van der Waals surface area contributed by atoms with Gasteiger partial charge >= 0.3 is 0 Å². The van der Waals surface area contributed by atoms with E-state index in [1.807, 2.05) is 26.8 Å². The first kappa shape index (κ1) is 15.6. The van der Waals surface area contributed by atoms with E-state index in [4.69, 9.17) is 0 Å². The third-order valence-corrected chi connectivity index (χ3v) is 3.70. The highest BCUT2D eigenvalue weighted by Gasteiger charge is 2.32. The molecule has 0 aliphatic rings. The number of nitrogens with zero attached hydrogens (tertiary/aromatic N) is 3. The van der Waals surface area contributed by atoms with Crippen LogP contribution in [-0.2, 0) is 6.42 Å². The Kier molecular flexibility index (Phi) is 4.73. The third-order valence-electron chi connectivity index (χ3n) is 3.70. The van der Waals surface area contributed by atoms with Crippen LogP contribution in [0.5, 0.6) is 0 Å². The lowest BCUT2D eigenvalue weighted by molar-refractivity contribution is 0.00938. The maximum absolute atomic E-state index is 13.7. The number of rotatable bonds is 5. The molecular weight excluding hydrogens is 269 g/mol. The van der Waals surface area contributed by atoms with Crippen LogP contribution in [0.25, 0.3) is 0 Å². The normalized spacial score (nSPS) is 14.9. The van der Waals surface area contributed by atoms with Crippen LogP contribution in [0.1, 0.15) is 38.8 Å². The van der Waals surface area contributed by atoms with E-state index in [0.29, 0.717) is 18.4 Å². The molecule has 0 aliphatic heterocycles. The fourth-order valence-electron chi connectivity index (χ4n) is 2.41. The van der Waals surface area contributed by atoms with Crippen LogP contribution in [0.2, 0.25) is 0 Å². The van der Waals surface area contributed by atoms with E-state index >= 15 is 0 Å². The first-order chi connectivity index (χ1) is 9.89. The van der Waals surface area contributed by atoms with Crippen molar-refractivity contribution in [3.63, 3.8) is 0 Å². The largest absolute Gasteiger partial charge is 0.390 e. The highest BCUT2D eigenvalue weighted by molar-refractivity contribution is 5.17. The molecule has 0 amide bonds. The molecule has 2 rings (SSSR count). The van der Waals surface area contributed by atoms with Gasteiger partial charge in [0, 0.05) is 0 Å². The Bertz CT molecular complexity index is 563. The Labute approximate surface area is 124 Å². The summed E-state index contributed by atoms with van der Waals surface area (Å²) in [5.41, 5.74) is 0.370. The fourth-order valence-corrected chi connectivity index (χ4v) is 2.41. The van der Waals surface area contributed by atoms with Crippen molar-refractivity contribution in [1.82, 2.24) is 14.8 Å². The van der Waals surface area contributed by atoms with Crippen LogP contribution in [0, 0.1) is 11.2 Å². The summed E-state index contributed by atoms with van der Waals surface area (Å²) in [6.07, 6.45) is 3.60. The van der Waals surface area contributed by atoms with E-state index in [1.165, 1.54) is 12.4 Å². The lowest BCUT2D eigenvalue weighted by atomic mass is 9.83. The number of halogens is 1. The second-order valence-electron chi connectivity index (χ2n) is 6.38. The average molecular weight is 291 g/mol. The number of benzene rings is 1. The van der Waals surface area contributed by atoms with Crippen LogP contribution < -0.4 is 0 Å². The minimum atomic E-state index is -0.592. The quantitative estimate of drug-likeness (QED) is 0.921. The summed E-state index contributed by atoms with van der Waals surface area (Å²) in [4.78, 5) is 3.95. The van der Waals surface area contributed by atoms with Gasteiger partial charge in [0.25, 0.3) is 0 Å². The van der Waals surface area contributed by atoms with Gasteiger partial charge in [-0.25, -0.2) is 14.1 Å². The Morgan fingerprint density at radius 1 is 1.29 bits per heavy atom. The smallest absolute Gasteiger partial charge is 0.137 e. The fraction of sp³-hybridized carbons (Fsp3) is 0.500. The van der Waals surface area contributed by atoms with Crippen LogP contribution in [0.15, 0.2) is 36.9 Å². The number of hydrogen-bond acceptors (Lipinski definition) is 3. The van der Waals surface area contributed by atoms with Gasteiger partial charge < -0.3 is 5.11 Å². The predicted octanol–water partition coefficient (Wildman–Crippen LogP) is 3.00. The summed E-state index contributed by atoms with van der Waals surface area (Å²) in [5.74, 6) is -0.208.